The lowest BCUT2D eigenvalue weighted by atomic mass is 9.33. The number of aliphatic carboxylic acids is 1. The Labute approximate surface area is 272 Å². The molecule has 5 aliphatic carbocycles. The van der Waals surface area contributed by atoms with Crippen molar-refractivity contribution in [3.8, 4) is 0 Å². The van der Waals surface area contributed by atoms with Gasteiger partial charge in [-0.25, -0.2) is 0 Å². The van der Waals surface area contributed by atoms with Crippen LogP contribution in [0.5, 0.6) is 0 Å². The maximum Gasteiger partial charge on any atom is 0.315 e. The SMILES string of the molecule is CC1(C)CC[C@]2(C(=O)O[C@@H]3O[C@H](CO)[C@@H](O)[C@H](O)[C@H]3O)CC[C@@]3(C)C(=CC[C@@H]4[C@]5(C)CC[C@@H](O)[C@](C)(C(=O)O)[C@H]5CC[C@]43C)[C@H]2C1. The second kappa shape index (κ2) is 11.0. The molecule has 46 heavy (non-hydrogen) atoms. The summed E-state index contributed by atoms with van der Waals surface area (Å²) in [7, 11) is 0. The van der Waals surface area contributed by atoms with Gasteiger partial charge in [0, 0.05) is 0 Å². The molecule has 0 aromatic carbocycles. The molecule has 10 nitrogen and oxygen atoms in total. The van der Waals surface area contributed by atoms with E-state index in [4.69, 9.17) is 9.47 Å². The number of aliphatic hydroxyl groups is 5. The summed E-state index contributed by atoms with van der Waals surface area (Å²) in [4.78, 5) is 27.1. The highest BCUT2D eigenvalue weighted by Gasteiger charge is 2.71. The van der Waals surface area contributed by atoms with E-state index in [1.165, 1.54) is 5.57 Å². The largest absolute Gasteiger partial charge is 0.481 e. The average Bonchev–Trinajstić information content (AvgIpc) is 2.99. The number of aliphatic hydroxyl groups excluding tert-OH is 5. The standard InChI is InChI=1S/C36H56O10/c1-31(2)13-15-36(30(44)46-28-27(41)26(40)25(39)21(18-37)45-28)16-14-33(4)19(20(36)17-31)7-8-22-32(3)11-10-24(38)35(6,29(42)43)23(32)9-12-34(22,33)5/h7,20-28,37-41H,8-18H2,1-6H3,(H,42,43)/t20-,21-,22-,23+,24-,25-,26+,27-,28+,32+,33+,34-,35-,36+/m1/s1. The minimum atomic E-state index is -1.65. The van der Waals surface area contributed by atoms with Gasteiger partial charge in [-0.3, -0.25) is 9.59 Å². The number of carbonyl (C=O) groups is 2. The second-order valence-electron chi connectivity index (χ2n) is 17.6. The zero-order chi connectivity index (χ0) is 33.8. The maximum atomic E-state index is 14.4. The summed E-state index contributed by atoms with van der Waals surface area (Å²) in [5.41, 5.74) is -1.39. The van der Waals surface area contributed by atoms with Gasteiger partial charge in [0.1, 0.15) is 24.4 Å². The predicted molar refractivity (Wildman–Crippen MR) is 167 cm³/mol. The van der Waals surface area contributed by atoms with Crippen LogP contribution in [-0.2, 0) is 19.1 Å². The van der Waals surface area contributed by atoms with Gasteiger partial charge in [-0.2, -0.15) is 0 Å². The topological polar surface area (TPSA) is 174 Å². The summed E-state index contributed by atoms with van der Waals surface area (Å²) in [5, 5.41) is 62.4. The number of hydrogen-bond donors (Lipinski definition) is 6. The number of carbonyl (C=O) groups excluding carboxylic acids is 1. The van der Waals surface area contributed by atoms with E-state index in [0.29, 0.717) is 19.3 Å². The molecule has 0 aromatic heterocycles. The summed E-state index contributed by atoms with van der Waals surface area (Å²) in [5.74, 6) is -1.40. The molecule has 1 aliphatic heterocycles. The van der Waals surface area contributed by atoms with E-state index in [2.05, 4.69) is 40.7 Å². The van der Waals surface area contributed by atoms with Gasteiger partial charge in [-0.05, 0) is 111 Å². The third kappa shape index (κ3) is 4.49. The molecule has 10 heteroatoms. The first-order valence-electron chi connectivity index (χ1n) is 17.5. The van der Waals surface area contributed by atoms with Crippen LogP contribution >= 0.6 is 0 Å². The highest BCUT2D eigenvalue weighted by atomic mass is 16.7. The van der Waals surface area contributed by atoms with Gasteiger partial charge in [0.2, 0.25) is 6.29 Å². The Morgan fingerprint density at radius 1 is 0.870 bits per heavy atom. The van der Waals surface area contributed by atoms with Gasteiger partial charge in [0.05, 0.1) is 23.5 Å². The molecular formula is C36H56O10. The van der Waals surface area contributed by atoms with Crippen molar-refractivity contribution < 1.29 is 49.7 Å². The minimum absolute atomic E-state index is 0.0130. The lowest BCUT2D eigenvalue weighted by Gasteiger charge is -2.71. The Balaban J connectivity index is 1.36. The molecule has 1 saturated heterocycles. The molecule has 6 rings (SSSR count). The zero-order valence-electron chi connectivity index (χ0n) is 28.4. The van der Waals surface area contributed by atoms with Gasteiger partial charge < -0.3 is 40.1 Å². The third-order valence-corrected chi connectivity index (χ3v) is 15.2. The summed E-state index contributed by atoms with van der Waals surface area (Å²) in [6, 6.07) is 0. The highest BCUT2D eigenvalue weighted by Crippen LogP contribution is 2.76. The van der Waals surface area contributed by atoms with E-state index in [0.717, 1.165) is 44.9 Å². The first kappa shape index (κ1) is 34.3. The predicted octanol–water partition coefficient (Wildman–Crippen LogP) is 3.56. The van der Waals surface area contributed by atoms with Crippen molar-refractivity contribution >= 4 is 11.9 Å². The molecule has 0 unspecified atom stereocenters. The van der Waals surface area contributed by atoms with Crippen LogP contribution in [0.3, 0.4) is 0 Å². The monoisotopic (exact) mass is 648 g/mol. The number of fused-ring (bicyclic) bond motifs is 7. The van der Waals surface area contributed by atoms with Crippen molar-refractivity contribution in [1.82, 2.24) is 0 Å². The number of hydrogen-bond acceptors (Lipinski definition) is 9. The first-order chi connectivity index (χ1) is 21.3. The summed E-state index contributed by atoms with van der Waals surface area (Å²) in [6.45, 7) is 12.6. The molecule has 260 valence electrons. The van der Waals surface area contributed by atoms with E-state index < -0.39 is 66.2 Å². The Bertz CT molecular complexity index is 1280. The molecule has 0 amide bonds. The fourth-order valence-corrected chi connectivity index (χ4v) is 12.0. The van der Waals surface area contributed by atoms with Crippen molar-refractivity contribution in [1.29, 1.82) is 0 Å². The van der Waals surface area contributed by atoms with Crippen molar-refractivity contribution in [2.24, 2.45) is 50.2 Å². The second-order valence-corrected chi connectivity index (χ2v) is 17.6. The minimum Gasteiger partial charge on any atom is -0.481 e. The van der Waals surface area contributed by atoms with Gasteiger partial charge in [-0.1, -0.05) is 46.3 Å². The quantitative estimate of drug-likeness (QED) is 0.195. The van der Waals surface area contributed by atoms with Crippen LogP contribution in [-0.4, -0.2) is 86.0 Å². The Kier molecular flexibility index (Phi) is 8.18. The Morgan fingerprint density at radius 3 is 2.20 bits per heavy atom. The van der Waals surface area contributed by atoms with Gasteiger partial charge in [0.25, 0.3) is 0 Å². The van der Waals surface area contributed by atoms with Crippen LogP contribution in [0.2, 0.25) is 0 Å². The molecule has 0 bridgehead atoms. The molecule has 0 aromatic rings. The number of carboxylic acids is 1. The molecule has 6 aliphatic rings. The van der Waals surface area contributed by atoms with Crippen LogP contribution in [0.15, 0.2) is 11.6 Å². The molecule has 14 atom stereocenters. The molecular weight excluding hydrogens is 592 g/mol. The lowest BCUT2D eigenvalue weighted by Crippen LogP contribution is -2.66. The normalized spacial score (nSPS) is 53.0. The number of carboxylic acid groups (broad SMARTS) is 1. The summed E-state index contributed by atoms with van der Waals surface area (Å²) >= 11 is 0. The summed E-state index contributed by atoms with van der Waals surface area (Å²) in [6.07, 6.45) is 1.20. The maximum absolute atomic E-state index is 14.4. The van der Waals surface area contributed by atoms with Crippen LogP contribution in [0.25, 0.3) is 0 Å². The molecule has 5 fully saturated rings. The number of allylic oxidation sites excluding steroid dienone is 2. The fraction of sp³-hybridized carbons (Fsp3) is 0.889. The molecule has 0 radical (unpaired) electrons. The van der Waals surface area contributed by atoms with Crippen LogP contribution in [0.1, 0.15) is 106 Å². The Morgan fingerprint density at radius 2 is 1.54 bits per heavy atom. The van der Waals surface area contributed by atoms with Crippen LogP contribution < -0.4 is 0 Å². The highest BCUT2D eigenvalue weighted by molar-refractivity contribution is 5.79. The van der Waals surface area contributed by atoms with Gasteiger partial charge in [0.15, 0.2) is 0 Å². The number of ether oxygens (including phenoxy) is 2. The van der Waals surface area contributed by atoms with Gasteiger partial charge in [-0.15, -0.1) is 0 Å². The van der Waals surface area contributed by atoms with E-state index >= 15 is 0 Å². The van der Waals surface area contributed by atoms with Crippen molar-refractivity contribution in [2.75, 3.05) is 6.61 Å². The van der Waals surface area contributed by atoms with Crippen LogP contribution in [0, 0.1) is 50.2 Å². The summed E-state index contributed by atoms with van der Waals surface area (Å²) < 4.78 is 11.5. The molecule has 1 heterocycles. The van der Waals surface area contributed by atoms with E-state index in [-0.39, 0.29) is 39.4 Å². The van der Waals surface area contributed by atoms with Crippen molar-refractivity contribution in [3.63, 3.8) is 0 Å². The van der Waals surface area contributed by atoms with E-state index in [9.17, 15) is 40.2 Å². The lowest BCUT2D eigenvalue weighted by molar-refractivity contribution is -0.297. The van der Waals surface area contributed by atoms with E-state index in [1.54, 1.807) is 6.92 Å². The van der Waals surface area contributed by atoms with E-state index in [1.807, 2.05) is 0 Å². The fourth-order valence-electron chi connectivity index (χ4n) is 12.0. The third-order valence-electron chi connectivity index (χ3n) is 15.2. The number of rotatable bonds is 4. The molecule has 6 N–H and O–H groups in total. The zero-order valence-corrected chi connectivity index (χ0v) is 28.4. The smallest absolute Gasteiger partial charge is 0.315 e. The Hall–Kier alpha value is -1.56. The van der Waals surface area contributed by atoms with Crippen molar-refractivity contribution in [3.05, 3.63) is 11.6 Å². The molecule has 0 spiro atoms. The number of esters is 1. The van der Waals surface area contributed by atoms with Crippen LogP contribution in [0.4, 0.5) is 0 Å². The average molecular weight is 649 g/mol. The first-order valence-corrected chi connectivity index (χ1v) is 17.5. The van der Waals surface area contributed by atoms with Gasteiger partial charge >= 0.3 is 11.9 Å². The van der Waals surface area contributed by atoms with Crippen molar-refractivity contribution in [2.45, 2.75) is 143 Å². The molecule has 4 saturated carbocycles.